The van der Waals surface area contributed by atoms with Gasteiger partial charge in [0.05, 0.1) is 6.10 Å². The zero-order chi connectivity index (χ0) is 13.0. The minimum Gasteiger partial charge on any atom is -0.381 e. The van der Waals surface area contributed by atoms with Crippen LogP contribution in [0.5, 0.6) is 0 Å². The molecule has 1 aliphatic heterocycles. The Morgan fingerprint density at radius 3 is 2.50 bits per heavy atom. The van der Waals surface area contributed by atoms with Crippen LogP contribution in [0.4, 0.5) is 0 Å². The molecule has 1 N–H and O–H groups in total. The lowest BCUT2D eigenvalue weighted by atomic mass is 9.85. The van der Waals surface area contributed by atoms with Gasteiger partial charge in [-0.1, -0.05) is 6.92 Å². The van der Waals surface area contributed by atoms with E-state index in [1.54, 1.807) is 0 Å². The fourth-order valence-corrected chi connectivity index (χ4v) is 3.39. The first-order chi connectivity index (χ1) is 8.72. The molecule has 2 fully saturated rings. The first-order valence-electron chi connectivity index (χ1n) is 7.74. The van der Waals surface area contributed by atoms with Crippen LogP contribution in [0.25, 0.3) is 0 Å². The van der Waals surface area contributed by atoms with E-state index in [0.717, 1.165) is 5.92 Å². The van der Waals surface area contributed by atoms with Gasteiger partial charge in [0.15, 0.2) is 0 Å². The van der Waals surface area contributed by atoms with Gasteiger partial charge < -0.3 is 15.0 Å². The molecule has 1 heterocycles. The van der Waals surface area contributed by atoms with Crippen molar-refractivity contribution in [3.05, 3.63) is 0 Å². The van der Waals surface area contributed by atoms with E-state index >= 15 is 0 Å². The SMILES string of the molecule is CCCN1CCC(C(C)NC2CC(OC)C2)CC1. The number of piperidine rings is 1. The predicted octanol–water partition coefficient (Wildman–Crippen LogP) is 2.26. The Labute approximate surface area is 112 Å². The predicted molar refractivity (Wildman–Crippen MR) is 75.9 cm³/mol. The third-order valence-electron chi connectivity index (χ3n) is 4.81. The number of rotatable bonds is 6. The molecule has 3 nitrogen and oxygen atoms in total. The number of likely N-dealkylation sites (tertiary alicyclic amines) is 1. The molecule has 0 radical (unpaired) electrons. The minimum atomic E-state index is 0.515. The van der Waals surface area contributed by atoms with Crippen molar-refractivity contribution in [2.24, 2.45) is 5.92 Å². The molecule has 18 heavy (non-hydrogen) atoms. The van der Waals surface area contributed by atoms with E-state index in [1.165, 1.54) is 51.7 Å². The molecule has 0 spiro atoms. The normalized spacial score (nSPS) is 32.2. The molecule has 1 aliphatic carbocycles. The van der Waals surface area contributed by atoms with Gasteiger partial charge in [-0.25, -0.2) is 0 Å². The van der Waals surface area contributed by atoms with Gasteiger partial charge in [-0.3, -0.25) is 0 Å². The topological polar surface area (TPSA) is 24.5 Å². The van der Waals surface area contributed by atoms with Crippen LogP contribution in [-0.4, -0.2) is 49.8 Å². The summed E-state index contributed by atoms with van der Waals surface area (Å²) in [6.45, 7) is 8.54. The van der Waals surface area contributed by atoms with E-state index < -0.39 is 0 Å². The number of hydrogen-bond donors (Lipinski definition) is 1. The lowest BCUT2D eigenvalue weighted by molar-refractivity contribution is 0.0109. The van der Waals surface area contributed by atoms with Crippen molar-refractivity contribution in [3.8, 4) is 0 Å². The minimum absolute atomic E-state index is 0.515. The maximum absolute atomic E-state index is 5.34. The van der Waals surface area contributed by atoms with Gasteiger partial charge in [-0.2, -0.15) is 0 Å². The van der Waals surface area contributed by atoms with Crippen molar-refractivity contribution < 1.29 is 4.74 Å². The molecule has 1 atom stereocenters. The van der Waals surface area contributed by atoms with E-state index in [9.17, 15) is 0 Å². The molecular formula is C15H30N2O. The highest BCUT2D eigenvalue weighted by Crippen LogP contribution is 2.26. The van der Waals surface area contributed by atoms with Gasteiger partial charge in [0, 0.05) is 19.2 Å². The summed E-state index contributed by atoms with van der Waals surface area (Å²) >= 11 is 0. The van der Waals surface area contributed by atoms with Crippen LogP contribution in [0.2, 0.25) is 0 Å². The second-order valence-electron chi connectivity index (χ2n) is 6.16. The summed E-state index contributed by atoms with van der Waals surface area (Å²) in [7, 11) is 1.83. The lowest BCUT2D eigenvalue weighted by Gasteiger charge is -2.40. The standard InChI is InChI=1S/C15H30N2O/c1-4-7-17-8-5-13(6-9-17)12(2)16-14-10-15(11-14)18-3/h12-16H,4-11H2,1-3H3. The molecule has 0 amide bonds. The average Bonchev–Trinajstić information content (AvgIpc) is 2.34. The second kappa shape index (κ2) is 6.88. The molecule has 1 saturated carbocycles. The fraction of sp³-hybridized carbons (Fsp3) is 1.00. The van der Waals surface area contributed by atoms with E-state index in [-0.39, 0.29) is 0 Å². The number of ether oxygens (including phenoxy) is 1. The van der Waals surface area contributed by atoms with Gasteiger partial charge in [-0.05, 0) is 64.6 Å². The van der Waals surface area contributed by atoms with Crippen LogP contribution in [0.15, 0.2) is 0 Å². The summed E-state index contributed by atoms with van der Waals surface area (Å²) in [5.74, 6) is 0.875. The van der Waals surface area contributed by atoms with Crippen molar-refractivity contribution >= 4 is 0 Å². The van der Waals surface area contributed by atoms with Crippen LogP contribution in [0, 0.1) is 5.92 Å². The quantitative estimate of drug-likeness (QED) is 0.787. The fourth-order valence-electron chi connectivity index (χ4n) is 3.39. The Kier molecular flexibility index (Phi) is 5.46. The zero-order valence-corrected chi connectivity index (χ0v) is 12.3. The highest BCUT2D eigenvalue weighted by Gasteiger charge is 2.32. The highest BCUT2D eigenvalue weighted by molar-refractivity contribution is 4.89. The van der Waals surface area contributed by atoms with Gasteiger partial charge in [-0.15, -0.1) is 0 Å². The summed E-state index contributed by atoms with van der Waals surface area (Å²) < 4.78 is 5.34. The Morgan fingerprint density at radius 1 is 1.28 bits per heavy atom. The summed E-state index contributed by atoms with van der Waals surface area (Å²) in [6.07, 6.45) is 6.95. The Bertz CT molecular complexity index is 233. The first kappa shape index (κ1) is 14.3. The van der Waals surface area contributed by atoms with Crippen molar-refractivity contribution in [3.63, 3.8) is 0 Å². The molecule has 2 aliphatic rings. The molecular weight excluding hydrogens is 224 g/mol. The average molecular weight is 254 g/mol. The zero-order valence-electron chi connectivity index (χ0n) is 12.3. The molecule has 0 aromatic carbocycles. The first-order valence-corrected chi connectivity index (χ1v) is 7.74. The lowest BCUT2D eigenvalue weighted by Crippen LogP contribution is -2.51. The van der Waals surface area contributed by atoms with Crippen molar-refractivity contribution in [1.82, 2.24) is 10.2 Å². The molecule has 0 aromatic rings. The van der Waals surface area contributed by atoms with Crippen molar-refractivity contribution in [1.29, 1.82) is 0 Å². The summed E-state index contributed by atoms with van der Waals surface area (Å²) in [6, 6.07) is 1.38. The van der Waals surface area contributed by atoms with E-state index in [0.29, 0.717) is 18.2 Å². The summed E-state index contributed by atoms with van der Waals surface area (Å²) in [5, 5.41) is 3.80. The van der Waals surface area contributed by atoms with E-state index in [2.05, 4.69) is 24.1 Å². The summed E-state index contributed by atoms with van der Waals surface area (Å²) in [4.78, 5) is 2.62. The van der Waals surface area contributed by atoms with Crippen LogP contribution in [-0.2, 0) is 4.74 Å². The Hall–Kier alpha value is -0.120. The second-order valence-corrected chi connectivity index (χ2v) is 6.16. The smallest absolute Gasteiger partial charge is 0.0601 e. The number of hydrogen-bond acceptors (Lipinski definition) is 3. The third-order valence-corrected chi connectivity index (χ3v) is 4.81. The Morgan fingerprint density at radius 2 is 1.94 bits per heavy atom. The molecule has 106 valence electrons. The summed E-state index contributed by atoms with van der Waals surface area (Å²) in [5.41, 5.74) is 0. The van der Waals surface area contributed by atoms with Crippen LogP contribution in [0.1, 0.15) is 46.0 Å². The third kappa shape index (κ3) is 3.69. The van der Waals surface area contributed by atoms with Gasteiger partial charge in [0.1, 0.15) is 0 Å². The number of nitrogens with zero attached hydrogens (tertiary/aromatic N) is 1. The maximum Gasteiger partial charge on any atom is 0.0601 e. The molecule has 3 heteroatoms. The van der Waals surface area contributed by atoms with E-state index in [1.807, 2.05) is 7.11 Å². The molecule has 2 rings (SSSR count). The molecule has 1 unspecified atom stereocenters. The highest BCUT2D eigenvalue weighted by atomic mass is 16.5. The number of methoxy groups -OCH3 is 1. The number of nitrogens with one attached hydrogen (secondary N) is 1. The molecule has 0 bridgehead atoms. The van der Waals surface area contributed by atoms with Gasteiger partial charge in [0.25, 0.3) is 0 Å². The molecule has 0 aromatic heterocycles. The molecule has 1 saturated heterocycles. The van der Waals surface area contributed by atoms with Crippen LogP contribution < -0.4 is 5.32 Å². The van der Waals surface area contributed by atoms with Gasteiger partial charge in [0.2, 0.25) is 0 Å². The van der Waals surface area contributed by atoms with Crippen molar-refractivity contribution in [2.45, 2.75) is 64.1 Å². The maximum atomic E-state index is 5.34. The van der Waals surface area contributed by atoms with E-state index in [4.69, 9.17) is 4.74 Å². The Balaban J connectivity index is 1.63. The van der Waals surface area contributed by atoms with Gasteiger partial charge >= 0.3 is 0 Å². The van der Waals surface area contributed by atoms with Crippen LogP contribution in [0.3, 0.4) is 0 Å². The monoisotopic (exact) mass is 254 g/mol. The van der Waals surface area contributed by atoms with Crippen molar-refractivity contribution in [2.75, 3.05) is 26.7 Å². The largest absolute Gasteiger partial charge is 0.381 e. The van der Waals surface area contributed by atoms with Crippen LogP contribution >= 0.6 is 0 Å².